The Bertz CT molecular complexity index is 477. The molecule has 0 aromatic heterocycles. The topological polar surface area (TPSA) is 17.1 Å². The predicted molar refractivity (Wildman–Crippen MR) is 69.5 cm³/mol. The number of benzene rings is 1. The molecule has 0 saturated carbocycles. The van der Waals surface area contributed by atoms with Crippen LogP contribution in [0.25, 0.3) is 6.08 Å². The number of hydrogen-bond donors (Lipinski definition) is 0. The number of thioether (sulfide) groups is 1. The first-order valence-electron chi connectivity index (χ1n) is 5.37. The smallest absolute Gasteiger partial charge is 0.254 e. The van der Waals surface area contributed by atoms with E-state index in [0.717, 1.165) is 28.5 Å². The Morgan fingerprint density at radius 2 is 1.89 bits per heavy atom. The van der Waals surface area contributed by atoms with Gasteiger partial charge in [-0.2, -0.15) is 13.2 Å². The lowest BCUT2D eigenvalue weighted by molar-refractivity contribution is -0.137. The van der Waals surface area contributed by atoms with Gasteiger partial charge in [0.15, 0.2) is 0 Å². The molecule has 1 unspecified atom stereocenters. The Hall–Kier alpha value is -0.750. The van der Waals surface area contributed by atoms with Crippen LogP contribution in [-0.2, 0) is 17.0 Å². The molecule has 98 valence electrons. The van der Waals surface area contributed by atoms with Crippen LogP contribution in [0.3, 0.4) is 0 Å². The molecule has 0 radical (unpaired) electrons. The second kappa shape index (κ2) is 5.48. The molecule has 1 heterocycles. The van der Waals surface area contributed by atoms with Crippen molar-refractivity contribution < 1.29 is 17.4 Å². The van der Waals surface area contributed by atoms with Crippen LogP contribution < -0.4 is 0 Å². The standard InChI is InChI=1S/C12H11F3OS2/c13-12(14,15)10-4-2-9(3-5-10)8-11-17-6-1-7-18(11)16/h2-5,8H,1,6-7H2/b11-8+. The summed E-state index contributed by atoms with van der Waals surface area (Å²) in [4.78, 5) is 0. The lowest BCUT2D eigenvalue weighted by Gasteiger charge is -2.13. The monoisotopic (exact) mass is 292 g/mol. The van der Waals surface area contributed by atoms with Gasteiger partial charge in [0.1, 0.15) is 0 Å². The molecule has 6 heteroatoms. The zero-order valence-corrected chi connectivity index (χ0v) is 11.0. The van der Waals surface area contributed by atoms with E-state index in [4.69, 9.17) is 0 Å². The van der Waals surface area contributed by atoms with E-state index in [9.17, 15) is 17.4 Å². The summed E-state index contributed by atoms with van der Waals surface area (Å²) in [6, 6.07) is 4.90. The average molecular weight is 292 g/mol. The first kappa shape index (κ1) is 13.7. The summed E-state index contributed by atoms with van der Waals surface area (Å²) in [6.07, 6.45) is -1.68. The number of rotatable bonds is 1. The summed E-state index contributed by atoms with van der Waals surface area (Å²) in [5.74, 6) is 1.55. The van der Waals surface area contributed by atoms with Gasteiger partial charge >= 0.3 is 6.18 Å². The molecule has 18 heavy (non-hydrogen) atoms. The predicted octanol–water partition coefficient (Wildman–Crippen LogP) is 3.89. The number of hydrogen-bond acceptors (Lipinski definition) is 2. The SMILES string of the molecule is O=S1CCCS/C1=C\c1ccc(C(F)(F)F)cc1. The first-order valence-corrected chi connectivity index (χ1v) is 7.67. The maximum atomic E-state index is 12.4. The molecule has 1 fully saturated rings. The third-order valence-corrected chi connectivity index (χ3v) is 5.50. The van der Waals surface area contributed by atoms with Crippen molar-refractivity contribution in [3.8, 4) is 0 Å². The maximum absolute atomic E-state index is 12.4. The number of alkyl halides is 3. The maximum Gasteiger partial charge on any atom is 0.416 e. The average Bonchev–Trinajstić information content (AvgIpc) is 2.32. The zero-order chi connectivity index (χ0) is 13.2. The van der Waals surface area contributed by atoms with Crippen LogP contribution in [0.1, 0.15) is 17.5 Å². The van der Waals surface area contributed by atoms with Crippen LogP contribution in [0.2, 0.25) is 0 Å². The van der Waals surface area contributed by atoms with Crippen molar-refractivity contribution in [3.63, 3.8) is 0 Å². The molecule has 0 aliphatic carbocycles. The molecule has 0 bridgehead atoms. The molecule has 1 saturated heterocycles. The molecular weight excluding hydrogens is 281 g/mol. The summed E-state index contributed by atoms with van der Waals surface area (Å²) in [5, 5.41) is 0. The highest BCUT2D eigenvalue weighted by molar-refractivity contribution is 8.17. The molecule has 1 aromatic rings. The van der Waals surface area contributed by atoms with E-state index in [2.05, 4.69) is 0 Å². The second-order valence-electron chi connectivity index (χ2n) is 3.83. The van der Waals surface area contributed by atoms with E-state index in [-0.39, 0.29) is 0 Å². The van der Waals surface area contributed by atoms with Crippen molar-refractivity contribution >= 4 is 28.6 Å². The van der Waals surface area contributed by atoms with Gasteiger partial charge in [-0.15, -0.1) is 11.8 Å². The lowest BCUT2D eigenvalue weighted by Crippen LogP contribution is -2.06. The van der Waals surface area contributed by atoms with Crippen molar-refractivity contribution in [1.29, 1.82) is 0 Å². The molecule has 1 aliphatic rings. The van der Waals surface area contributed by atoms with Crippen molar-refractivity contribution in [2.24, 2.45) is 0 Å². The summed E-state index contributed by atoms with van der Waals surface area (Å²) in [6.45, 7) is 0. The van der Waals surface area contributed by atoms with Crippen LogP contribution in [0, 0.1) is 0 Å². The highest BCUT2D eigenvalue weighted by atomic mass is 32.2. The number of halogens is 3. The minimum absolute atomic E-state index is 0.638. The van der Waals surface area contributed by atoms with Gasteiger partial charge in [0.25, 0.3) is 0 Å². The van der Waals surface area contributed by atoms with Gasteiger partial charge in [0.05, 0.1) is 20.6 Å². The van der Waals surface area contributed by atoms with Crippen molar-refractivity contribution in [3.05, 3.63) is 39.6 Å². The van der Waals surface area contributed by atoms with Crippen LogP contribution in [0.15, 0.2) is 28.5 Å². The van der Waals surface area contributed by atoms with Crippen LogP contribution >= 0.6 is 11.8 Å². The molecule has 1 aliphatic heterocycles. The van der Waals surface area contributed by atoms with Crippen LogP contribution in [0.4, 0.5) is 13.2 Å². The third kappa shape index (κ3) is 3.38. The van der Waals surface area contributed by atoms with Gasteiger partial charge in [-0.25, -0.2) is 0 Å². The molecule has 0 spiro atoms. The fourth-order valence-corrected chi connectivity index (χ4v) is 4.33. The summed E-state index contributed by atoms with van der Waals surface area (Å²) >= 11 is 1.51. The van der Waals surface area contributed by atoms with Gasteiger partial charge in [0.2, 0.25) is 0 Å². The van der Waals surface area contributed by atoms with E-state index in [1.807, 2.05) is 0 Å². The van der Waals surface area contributed by atoms with Crippen LogP contribution in [-0.4, -0.2) is 15.7 Å². The lowest BCUT2D eigenvalue weighted by atomic mass is 10.1. The Morgan fingerprint density at radius 1 is 1.22 bits per heavy atom. The zero-order valence-electron chi connectivity index (χ0n) is 9.37. The summed E-state index contributed by atoms with van der Waals surface area (Å²) in [5.41, 5.74) is -0.0113. The quantitative estimate of drug-likeness (QED) is 0.781. The highest BCUT2D eigenvalue weighted by Crippen LogP contribution is 2.31. The first-order chi connectivity index (χ1) is 8.47. The summed E-state index contributed by atoms with van der Waals surface area (Å²) in [7, 11) is -0.999. The molecular formula is C12H11F3OS2. The molecule has 0 amide bonds. The molecule has 2 rings (SSSR count). The minimum atomic E-state index is -4.31. The van der Waals surface area contributed by atoms with Crippen molar-refractivity contribution in [2.75, 3.05) is 11.5 Å². The van der Waals surface area contributed by atoms with Gasteiger partial charge in [-0.3, -0.25) is 4.21 Å². The Labute approximate surface area is 110 Å². The van der Waals surface area contributed by atoms with E-state index in [1.165, 1.54) is 23.9 Å². The molecule has 0 N–H and O–H groups in total. The highest BCUT2D eigenvalue weighted by Gasteiger charge is 2.29. The van der Waals surface area contributed by atoms with Gasteiger partial charge in [-0.1, -0.05) is 12.1 Å². The van der Waals surface area contributed by atoms with Crippen LogP contribution in [0.5, 0.6) is 0 Å². The van der Waals surface area contributed by atoms with Crippen molar-refractivity contribution in [2.45, 2.75) is 12.6 Å². The molecule has 1 nitrogen and oxygen atoms in total. The Kier molecular flexibility index (Phi) is 4.17. The normalized spacial score (nSPS) is 23.3. The van der Waals surface area contributed by atoms with E-state index in [1.54, 1.807) is 6.08 Å². The second-order valence-corrected chi connectivity index (χ2v) is 6.77. The largest absolute Gasteiger partial charge is 0.416 e. The molecule has 1 aromatic carbocycles. The van der Waals surface area contributed by atoms with Gasteiger partial charge < -0.3 is 0 Å². The fraction of sp³-hybridized carbons (Fsp3) is 0.333. The van der Waals surface area contributed by atoms with E-state index >= 15 is 0 Å². The Morgan fingerprint density at radius 3 is 2.44 bits per heavy atom. The molecule has 1 atom stereocenters. The minimum Gasteiger partial charge on any atom is -0.254 e. The summed E-state index contributed by atoms with van der Waals surface area (Å²) < 4.78 is 49.5. The van der Waals surface area contributed by atoms with Gasteiger partial charge in [-0.05, 0) is 35.9 Å². The third-order valence-electron chi connectivity index (χ3n) is 2.47. The Balaban J connectivity index is 2.20. The van der Waals surface area contributed by atoms with E-state index in [0.29, 0.717) is 11.3 Å². The fourth-order valence-electron chi connectivity index (χ4n) is 1.54. The van der Waals surface area contributed by atoms with Gasteiger partial charge in [0, 0.05) is 5.75 Å². The van der Waals surface area contributed by atoms with E-state index < -0.39 is 22.5 Å². The van der Waals surface area contributed by atoms with Crippen molar-refractivity contribution in [1.82, 2.24) is 0 Å².